The summed E-state index contributed by atoms with van der Waals surface area (Å²) < 4.78 is 10.9. The van der Waals surface area contributed by atoms with Crippen LogP contribution in [0, 0.1) is 0 Å². The molecular weight excluding hydrogens is 238 g/mol. The number of ether oxygens (including phenoxy) is 2. The van der Waals surface area contributed by atoms with Crippen LogP contribution in [0.15, 0.2) is 12.1 Å². The predicted octanol–water partition coefficient (Wildman–Crippen LogP) is 2.72. The van der Waals surface area contributed by atoms with E-state index < -0.39 is 0 Å². The molecule has 0 aromatic heterocycles. The topological polar surface area (TPSA) is 30.5 Å². The third-order valence-electron chi connectivity index (χ3n) is 3.04. The minimum atomic E-state index is 0. The summed E-state index contributed by atoms with van der Waals surface area (Å²) in [5.41, 5.74) is 2.70. The number of hydrogen-bond donors (Lipinski definition) is 1. The second kappa shape index (κ2) is 6.12. The van der Waals surface area contributed by atoms with Gasteiger partial charge in [-0.15, -0.1) is 12.4 Å². The highest BCUT2D eigenvalue weighted by Crippen LogP contribution is 2.35. The molecule has 3 nitrogen and oxygen atoms in total. The van der Waals surface area contributed by atoms with Crippen molar-refractivity contribution in [2.24, 2.45) is 0 Å². The van der Waals surface area contributed by atoms with E-state index in [0.717, 1.165) is 24.5 Å². The molecule has 0 saturated heterocycles. The van der Waals surface area contributed by atoms with Crippen LogP contribution >= 0.6 is 12.4 Å². The van der Waals surface area contributed by atoms with E-state index in [1.807, 2.05) is 6.92 Å². The molecule has 4 heteroatoms. The Balaban J connectivity index is 0.00000144. The van der Waals surface area contributed by atoms with Gasteiger partial charge in [0.1, 0.15) is 0 Å². The smallest absolute Gasteiger partial charge is 0.161 e. The zero-order valence-electron chi connectivity index (χ0n) is 10.6. The van der Waals surface area contributed by atoms with Gasteiger partial charge in [-0.1, -0.05) is 0 Å². The van der Waals surface area contributed by atoms with E-state index in [4.69, 9.17) is 9.47 Å². The molecule has 0 bridgehead atoms. The van der Waals surface area contributed by atoms with Crippen LogP contribution in [0.1, 0.15) is 31.0 Å². The first-order valence-electron chi connectivity index (χ1n) is 5.83. The highest BCUT2D eigenvalue weighted by molar-refractivity contribution is 5.85. The molecule has 2 rings (SSSR count). The summed E-state index contributed by atoms with van der Waals surface area (Å²) in [4.78, 5) is 0. The van der Waals surface area contributed by atoms with E-state index in [-0.39, 0.29) is 12.4 Å². The molecule has 1 N–H and O–H groups in total. The lowest BCUT2D eigenvalue weighted by molar-refractivity contribution is 0.309. The van der Waals surface area contributed by atoms with Crippen LogP contribution in [0.4, 0.5) is 0 Å². The second-order valence-electron chi connectivity index (χ2n) is 4.06. The minimum absolute atomic E-state index is 0. The van der Waals surface area contributed by atoms with Gasteiger partial charge < -0.3 is 14.8 Å². The van der Waals surface area contributed by atoms with Crippen molar-refractivity contribution >= 4 is 12.4 Å². The molecule has 0 fully saturated rings. The number of halogens is 1. The molecular formula is C13H20ClNO2. The van der Waals surface area contributed by atoms with E-state index in [1.54, 1.807) is 7.11 Å². The minimum Gasteiger partial charge on any atom is -0.493 e. The molecule has 1 aliphatic rings. The van der Waals surface area contributed by atoms with Gasteiger partial charge in [0.2, 0.25) is 0 Å². The number of methoxy groups -OCH3 is 1. The Morgan fingerprint density at radius 1 is 1.35 bits per heavy atom. The van der Waals surface area contributed by atoms with Crippen molar-refractivity contribution in [1.82, 2.24) is 5.32 Å². The van der Waals surface area contributed by atoms with Gasteiger partial charge in [0.05, 0.1) is 13.7 Å². The van der Waals surface area contributed by atoms with Gasteiger partial charge in [-0.25, -0.2) is 0 Å². The Labute approximate surface area is 109 Å². The molecule has 0 amide bonds. The van der Waals surface area contributed by atoms with Crippen molar-refractivity contribution in [1.29, 1.82) is 0 Å². The molecule has 0 saturated carbocycles. The SMILES string of the molecule is CCOc1cc2c(cc1OC)C(C)NCC2.Cl. The lowest BCUT2D eigenvalue weighted by Crippen LogP contribution is -2.27. The average Bonchev–Trinajstić information content (AvgIpc) is 2.29. The van der Waals surface area contributed by atoms with Crippen molar-refractivity contribution in [3.63, 3.8) is 0 Å². The highest BCUT2D eigenvalue weighted by Gasteiger charge is 2.19. The van der Waals surface area contributed by atoms with E-state index in [2.05, 4.69) is 24.4 Å². The van der Waals surface area contributed by atoms with Crippen molar-refractivity contribution in [3.05, 3.63) is 23.3 Å². The van der Waals surface area contributed by atoms with E-state index in [0.29, 0.717) is 12.6 Å². The average molecular weight is 258 g/mol. The van der Waals surface area contributed by atoms with Crippen LogP contribution < -0.4 is 14.8 Å². The molecule has 1 atom stereocenters. The van der Waals surface area contributed by atoms with Crippen molar-refractivity contribution in [3.8, 4) is 11.5 Å². The highest BCUT2D eigenvalue weighted by atomic mass is 35.5. The first-order chi connectivity index (χ1) is 7.76. The summed E-state index contributed by atoms with van der Waals surface area (Å²) in [7, 11) is 1.69. The third-order valence-corrected chi connectivity index (χ3v) is 3.04. The Morgan fingerprint density at radius 3 is 2.76 bits per heavy atom. The number of hydrogen-bond acceptors (Lipinski definition) is 3. The lowest BCUT2D eigenvalue weighted by Gasteiger charge is -2.25. The number of benzene rings is 1. The molecule has 0 spiro atoms. The third kappa shape index (κ3) is 2.85. The van der Waals surface area contributed by atoms with E-state index in [1.165, 1.54) is 11.1 Å². The maximum Gasteiger partial charge on any atom is 0.161 e. The molecule has 0 aliphatic carbocycles. The molecule has 1 heterocycles. The Morgan fingerprint density at radius 2 is 2.12 bits per heavy atom. The summed E-state index contributed by atoms with van der Waals surface area (Å²) in [6.45, 7) is 5.87. The number of nitrogens with one attached hydrogen (secondary N) is 1. The molecule has 0 radical (unpaired) electrons. The predicted molar refractivity (Wildman–Crippen MR) is 71.5 cm³/mol. The first kappa shape index (κ1) is 14.1. The van der Waals surface area contributed by atoms with Gasteiger partial charge in [0.15, 0.2) is 11.5 Å². The molecule has 1 aromatic carbocycles. The van der Waals surface area contributed by atoms with Crippen LogP contribution in [0.25, 0.3) is 0 Å². The fourth-order valence-corrected chi connectivity index (χ4v) is 2.20. The van der Waals surface area contributed by atoms with Gasteiger partial charge in [-0.2, -0.15) is 0 Å². The largest absolute Gasteiger partial charge is 0.493 e. The fourth-order valence-electron chi connectivity index (χ4n) is 2.20. The quantitative estimate of drug-likeness (QED) is 0.903. The number of rotatable bonds is 3. The summed E-state index contributed by atoms with van der Waals surface area (Å²) in [5.74, 6) is 1.69. The fraction of sp³-hybridized carbons (Fsp3) is 0.538. The van der Waals surface area contributed by atoms with Crippen LogP contribution in [-0.2, 0) is 6.42 Å². The summed E-state index contributed by atoms with van der Waals surface area (Å²) in [5, 5.41) is 3.44. The van der Waals surface area contributed by atoms with Crippen LogP contribution in [0.5, 0.6) is 11.5 Å². The van der Waals surface area contributed by atoms with E-state index >= 15 is 0 Å². The van der Waals surface area contributed by atoms with Crippen molar-refractivity contribution in [2.75, 3.05) is 20.3 Å². The molecule has 17 heavy (non-hydrogen) atoms. The number of fused-ring (bicyclic) bond motifs is 1. The standard InChI is InChI=1S/C13H19NO2.ClH/c1-4-16-13-7-10-5-6-14-9(2)11(10)8-12(13)15-3;/h7-9,14H,4-6H2,1-3H3;1H. The summed E-state index contributed by atoms with van der Waals surface area (Å²) in [6.07, 6.45) is 1.06. The molecule has 1 aliphatic heterocycles. The van der Waals surface area contributed by atoms with Crippen LogP contribution in [-0.4, -0.2) is 20.3 Å². The maximum absolute atomic E-state index is 5.58. The summed E-state index contributed by atoms with van der Waals surface area (Å²) >= 11 is 0. The Hall–Kier alpha value is -0.930. The lowest BCUT2D eigenvalue weighted by atomic mass is 9.94. The van der Waals surface area contributed by atoms with Crippen molar-refractivity contribution < 1.29 is 9.47 Å². The van der Waals surface area contributed by atoms with Gasteiger partial charge in [0.25, 0.3) is 0 Å². The Bertz CT molecular complexity index is 382. The molecule has 1 aromatic rings. The zero-order chi connectivity index (χ0) is 11.5. The normalized spacial score (nSPS) is 17.9. The maximum atomic E-state index is 5.58. The van der Waals surface area contributed by atoms with Crippen LogP contribution in [0.3, 0.4) is 0 Å². The van der Waals surface area contributed by atoms with Crippen molar-refractivity contribution in [2.45, 2.75) is 26.3 Å². The van der Waals surface area contributed by atoms with Gasteiger partial charge in [-0.3, -0.25) is 0 Å². The van der Waals surface area contributed by atoms with Gasteiger partial charge in [0, 0.05) is 6.04 Å². The zero-order valence-corrected chi connectivity index (χ0v) is 11.4. The molecule has 96 valence electrons. The van der Waals surface area contributed by atoms with Gasteiger partial charge >= 0.3 is 0 Å². The summed E-state index contributed by atoms with van der Waals surface area (Å²) in [6, 6.07) is 4.61. The first-order valence-corrected chi connectivity index (χ1v) is 5.83. The second-order valence-corrected chi connectivity index (χ2v) is 4.06. The monoisotopic (exact) mass is 257 g/mol. The van der Waals surface area contributed by atoms with Crippen LogP contribution in [0.2, 0.25) is 0 Å². The Kier molecular flexibility index (Phi) is 5.09. The van der Waals surface area contributed by atoms with Gasteiger partial charge in [-0.05, 0) is 50.1 Å². The van der Waals surface area contributed by atoms with E-state index in [9.17, 15) is 0 Å². The molecule has 1 unspecified atom stereocenters.